The molecule has 0 aliphatic carbocycles. The average Bonchev–Trinajstić information content (AvgIpc) is 2.99. The lowest BCUT2D eigenvalue weighted by Crippen LogP contribution is -2.18. The molecule has 3 rings (SSSR count). The number of nitrogens with one attached hydrogen (secondary N) is 1. The van der Waals surface area contributed by atoms with Gasteiger partial charge in [-0.3, -0.25) is 9.48 Å². The lowest BCUT2D eigenvalue weighted by molar-refractivity contribution is 0.101. The zero-order chi connectivity index (χ0) is 15.1. The molecule has 108 valence electrons. The molecule has 9 heteroatoms. The number of carbonyl (C=O) groups is 1. The van der Waals surface area contributed by atoms with E-state index in [2.05, 4.69) is 19.2 Å². The first-order valence-electron chi connectivity index (χ1n) is 6.00. The first kappa shape index (κ1) is 13.8. The van der Waals surface area contributed by atoms with Gasteiger partial charge >= 0.3 is 0 Å². The minimum absolute atomic E-state index is 0.281. The van der Waals surface area contributed by atoms with Crippen molar-refractivity contribution in [2.75, 3.05) is 11.1 Å². The fraction of sp³-hybridized carbons (Fsp3) is 0.167. The van der Waals surface area contributed by atoms with Crippen LogP contribution in [0.5, 0.6) is 0 Å². The largest absolute Gasteiger partial charge is 0.395 e. The molecule has 7 nitrogen and oxygen atoms in total. The molecule has 0 aliphatic heterocycles. The molecule has 2 aromatic heterocycles. The number of nitrogens with two attached hydrogens (primary N) is 1. The second-order valence-electron chi connectivity index (χ2n) is 4.48. The molecule has 0 saturated heterocycles. The molecule has 0 aliphatic rings. The van der Waals surface area contributed by atoms with Crippen molar-refractivity contribution in [1.82, 2.24) is 18.5 Å². The Morgan fingerprint density at radius 1 is 1.43 bits per heavy atom. The van der Waals surface area contributed by atoms with E-state index in [-0.39, 0.29) is 5.69 Å². The Labute approximate surface area is 129 Å². The van der Waals surface area contributed by atoms with E-state index in [1.165, 1.54) is 4.68 Å². The summed E-state index contributed by atoms with van der Waals surface area (Å²) in [4.78, 5) is 12.4. The lowest BCUT2D eigenvalue weighted by atomic mass is 10.2. The van der Waals surface area contributed by atoms with Gasteiger partial charge in [0, 0.05) is 7.05 Å². The molecular weight excluding hydrogens is 312 g/mol. The van der Waals surface area contributed by atoms with Crippen LogP contribution in [0, 0.1) is 6.92 Å². The van der Waals surface area contributed by atoms with Crippen molar-refractivity contribution in [2.24, 2.45) is 7.05 Å². The molecule has 0 spiro atoms. The predicted molar refractivity (Wildman–Crippen MR) is 82.7 cm³/mol. The maximum Gasteiger partial charge on any atom is 0.276 e. The normalized spacial score (nSPS) is 11.0. The molecule has 0 radical (unpaired) electrons. The SMILES string of the molecule is Cc1nn(C)c(C(=O)Nc2c(Cl)ccc3nsnc23)c1N. The van der Waals surface area contributed by atoms with E-state index in [0.29, 0.717) is 33.1 Å². The van der Waals surface area contributed by atoms with E-state index in [9.17, 15) is 4.79 Å². The van der Waals surface area contributed by atoms with E-state index in [4.69, 9.17) is 17.3 Å². The quantitative estimate of drug-likeness (QED) is 0.753. The first-order valence-corrected chi connectivity index (χ1v) is 7.11. The van der Waals surface area contributed by atoms with Crippen molar-refractivity contribution in [3.05, 3.63) is 28.5 Å². The van der Waals surface area contributed by atoms with Gasteiger partial charge in [0.25, 0.3) is 5.91 Å². The summed E-state index contributed by atoms with van der Waals surface area (Å²) in [6.07, 6.45) is 0. The first-order chi connectivity index (χ1) is 9.99. The highest BCUT2D eigenvalue weighted by Gasteiger charge is 2.20. The standard InChI is InChI=1S/C12H11ClN6OS/c1-5-8(14)11(19(2)16-5)12(20)15-9-6(13)3-4-7-10(9)18-21-17-7/h3-4H,14H2,1-2H3,(H,15,20). The molecule has 1 aromatic carbocycles. The van der Waals surface area contributed by atoms with Crippen molar-refractivity contribution in [3.63, 3.8) is 0 Å². The molecule has 3 N–H and O–H groups in total. The van der Waals surface area contributed by atoms with Gasteiger partial charge in [0.1, 0.15) is 16.7 Å². The van der Waals surface area contributed by atoms with Crippen LogP contribution in [0.3, 0.4) is 0 Å². The minimum atomic E-state index is -0.391. The Morgan fingerprint density at radius 2 is 2.19 bits per heavy atom. The van der Waals surface area contributed by atoms with Crippen LogP contribution in [0.25, 0.3) is 11.0 Å². The number of carbonyl (C=O) groups excluding carboxylic acids is 1. The number of amides is 1. The maximum atomic E-state index is 12.4. The van der Waals surface area contributed by atoms with Crippen LogP contribution >= 0.6 is 23.3 Å². The van der Waals surface area contributed by atoms with Crippen molar-refractivity contribution in [2.45, 2.75) is 6.92 Å². The molecule has 3 aromatic rings. The Balaban J connectivity index is 2.04. The number of hydrogen-bond donors (Lipinski definition) is 2. The molecule has 0 fully saturated rings. The van der Waals surface area contributed by atoms with Crippen LogP contribution in [0.1, 0.15) is 16.2 Å². The fourth-order valence-electron chi connectivity index (χ4n) is 2.06. The third-order valence-corrected chi connectivity index (χ3v) is 3.96. The monoisotopic (exact) mass is 322 g/mol. The number of rotatable bonds is 2. The number of benzene rings is 1. The Hall–Kier alpha value is -2.19. The summed E-state index contributed by atoms with van der Waals surface area (Å²) in [6, 6.07) is 3.41. The van der Waals surface area contributed by atoms with Gasteiger partial charge in [-0.25, -0.2) is 0 Å². The number of fused-ring (bicyclic) bond motifs is 1. The summed E-state index contributed by atoms with van der Waals surface area (Å²) in [5.74, 6) is -0.391. The highest BCUT2D eigenvalue weighted by atomic mass is 35.5. The van der Waals surface area contributed by atoms with Gasteiger partial charge in [-0.2, -0.15) is 13.8 Å². The molecule has 0 saturated carbocycles. The summed E-state index contributed by atoms with van der Waals surface area (Å²) < 4.78 is 9.71. The topological polar surface area (TPSA) is 98.7 Å². The third kappa shape index (κ3) is 2.22. The van der Waals surface area contributed by atoms with Crippen LogP contribution in [0.2, 0.25) is 5.02 Å². The van der Waals surface area contributed by atoms with Crippen LogP contribution in [0.15, 0.2) is 12.1 Å². The summed E-state index contributed by atoms with van der Waals surface area (Å²) in [5, 5.41) is 7.25. The van der Waals surface area contributed by atoms with Crippen LogP contribution in [-0.2, 0) is 7.05 Å². The number of nitrogen functional groups attached to an aromatic ring is 1. The zero-order valence-corrected chi connectivity index (χ0v) is 12.8. The summed E-state index contributed by atoms with van der Waals surface area (Å²) >= 11 is 7.20. The van der Waals surface area contributed by atoms with Gasteiger partial charge in [0.2, 0.25) is 0 Å². The van der Waals surface area contributed by atoms with Gasteiger partial charge in [0.15, 0.2) is 0 Å². The molecule has 1 amide bonds. The van der Waals surface area contributed by atoms with E-state index in [1.807, 2.05) is 0 Å². The van der Waals surface area contributed by atoms with E-state index in [1.54, 1.807) is 26.1 Å². The molecule has 0 unspecified atom stereocenters. The second kappa shape index (κ2) is 4.97. The van der Waals surface area contributed by atoms with Crippen LogP contribution in [-0.4, -0.2) is 24.4 Å². The van der Waals surface area contributed by atoms with Gasteiger partial charge in [-0.05, 0) is 19.1 Å². The van der Waals surface area contributed by atoms with Crippen molar-refractivity contribution in [3.8, 4) is 0 Å². The smallest absolute Gasteiger partial charge is 0.276 e. The third-order valence-electron chi connectivity index (χ3n) is 3.10. The summed E-state index contributed by atoms with van der Waals surface area (Å²) in [7, 11) is 1.66. The highest BCUT2D eigenvalue weighted by molar-refractivity contribution is 7.00. The minimum Gasteiger partial charge on any atom is -0.395 e. The number of aryl methyl sites for hydroxylation is 2. The summed E-state index contributed by atoms with van der Waals surface area (Å²) in [6.45, 7) is 1.74. The molecule has 0 atom stereocenters. The van der Waals surface area contributed by atoms with Crippen LogP contribution < -0.4 is 11.1 Å². The molecule has 21 heavy (non-hydrogen) atoms. The number of anilines is 2. The Bertz CT molecular complexity index is 855. The fourth-order valence-corrected chi connectivity index (χ4v) is 2.80. The number of aromatic nitrogens is 4. The Morgan fingerprint density at radius 3 is 2.86 bits per heavy atom. The highest BCUT2D eigenvalue weighted by Crippen LogP contribution is 2.30. The molecular formula is C12H11ClN6OS. The van der Waals surface area contributed by atoms with Crippen molar-refractivity contribution < 1.29 is 4.79 Å². The van der Waals surface area contributed by atoms with E-state index in [0.717, 1.165) is 11.7 Å². The Kier molecular flexibility index (Phi) is 3.26. The van der Waals surface area contributed by atoms with Crippen molar-refractivity contribution in [1.29, 1.82) is 0 Å². The van der Waals surface area contributed by atoms with Gasteiger partial charge in [-0.15, -0.1) is 0 Å². The average molecular weight is 323 g/mol. The summed E-state index contributed by atoms with van der Waals surface area (Å²) in [5.41, 5.74) is 8.76. The van der Waals surface area contributed by atoms with E-state index >= 15 is 0 Å². The number of nitrogens with zero attached hydrogens (tertiary/aromatic N) is 4. The molecule has 2 heterocycles. The van der Waals surface area contributed by atoms with Crippen LogP contribution in [0.4, 0.5) is 11.4 Å². The second-order valence-corrected chi connectivity index (χ2v) is 5.42. The van der Waals surface area contributed by atoms with Gasteiger partial charge in [0.05, 0.1) is 33.8 Å². The predicted octanol–water partition coefficient (Wildman–Crippen LogP) is 2.22. The van der Waals surface area contributed by atoms with Crippen molar-refractivity contribution >= 4 is 51.6 Å². The lowest BCUT2D eigenvalue weighted by Gasteiger charge is -2.08. The molecule has 0 bridgehead atoms. The zero-order valence-electron chi connectivity index (χ0n) is 11.2. The maximum absolute atomic E-state index is 12.4. The van der Waals surface area contributed by atoms with Gasteiger partial charge < -0.3 is 11.1 Å². The number of halogens is 1. The number of hydrogen-bond acceptors (Lipinski definition) is 6. The van der Waals surface area contributed by atoms with E-state index < -0.39 is 5.91 Å². The van der Waals surface area contributed by atoms with Gasteiger partial charge in [-0.1, -0.05) is 11.6 Å².